The number of nitrogens with zero attached hydrogens (tertiary/aromatic N) is 2. The molecule has 2 aromatic rings. The van der Waals surface area contributed by atoms with Gasteiger partial charge in [-0.3, -0.25) is 4.79 Å². The third-order valence-corrected chi connectivity index (χ3v) is 6.19. The van der Waals surface area contributed by atoms with Gasteiger partial charge in [0, 0.05) is 17.4 Å². The van der Waals surface area contributed by atoms with Crippen molar-refractivity contribution in [2.45, 2.75) is 71.1 Å². The quantitative estimate of drug-likeness (QED) is 0.804. The van der Waals surface area contributed by atoms with E-state index in [1.165, 1.54) is 30.4 Å². The Kier molecular flexibility index (Phi) is 5.24. The van der Waals surface area contributed by atoms with Crippen LogP contribution in [-0.4, -0.2) is 15.9 Å². The predicted octanol–water partition coefficient (Wildman–Crippen LogP) is 5.27. The van der Waals surface area contributed by atoms with E-state index in [4.69, 9.17) is 9.97 Å². The predicted molar refractivity (Wildman–Crippen MR) is 109 cm³/mol. The Morgan fingerprint density at radius 3 is 2.70 bits per heavy atom. The lowest BCUT2D eigenvalue weighted by molar-refractivity contribution is -0.119. The highest BCUT2D eigenvalue weighted by atomic mass is 16.1. The number of carbonyl (C=O) groups excluding carboxylic acids is 1. The monoisotopic (exact) mass is 363 g/mol. The molecule has 1 aromatic heterocycles. The van der Waals surface area contributed by atoms with E-state index in [2.05, 4.69) is 29.6 Å². The minimum atomic E-state index is -0.0113. The molecule has 1 atom stereocenters. The summed E-state index contributed by atoms with van der Waals surface area (Å²) in [6.07, 6.45) is 8.75. The fourth-order valence-electron chi connectivity index (χ4n) is 4.27. The van der Waals surface area contributed by atoms with E-state index < -0.39 is 0 Å². The second-order valence-electron chi connectivity index (χ2n) is 8.04. The molecule has 1 unspecified atom stereocenters. The molecule has 0 bridgehead atoms. The van der Waals surface area contributed by atoms with Gasteiger partial charge in [-0.2, -0.15) is 0 Å². The van der Waals surface area contributed by atoms with E-state index in [1.54, 1.807) is 0 Å². The number of hydrogen-bond donors (Lipinski definition) is 1. The normalized spacial score (nSPS) is 17.7. The maximum Gasteiger partial charge on any atom is 0.228 e. The van der Waals surface area contributed by atoms with Gasteiger partial charge in [-0.25, -0.2) is 9.97 Å². The Hall–Kier alpha value is -2.23. The number of hydrogen-bond acceptors (Lipinski definition) is 3. The molecule has 1 aromatic carbocycles. The first-order valence-electron chi connectivity index (χ1n) is 10.5. The highest BCUT2D eigenvalue weighted by Gasteiger charge is 2.27. The molecule has 27 heavy (non-hydrogen) atoms. The Bertz CT molecular complexity index is 840. The first-order valence-corrected chi connectivity index (χ1v) is 10.5. The number of amides is 1. The number of rotatable bonds is 4. The number of carbonyl (C=O) groups is 1. The Morgan fingerprint density at radius 1 is 1.15 bits per heavy atom. The van der Waals surface area contributed by atoms with Gasteiger partial charge in [0.25, 0.3) is 0 Å². The van der Waals surface area contributed by atoms with Crippen molar-refractivity contribution in [3.05, 3.63) is 41.2 Å². The van der Waals surface area contributed by atoms with Crippen molar-refractivity contribution in [1.29, 1.82) is 0 Å². The maximum absolute atomic E-state index is 12.6. The third kappa shape index (κ3) is 3.62. The molecule has 2 aliphatic carbocycles. The van der Waals surface area contributed by atoms with Gasteiger partial charge in [0.1, 0.15) is 0 Å². The van der Waals surface area contributed by atoms with Crippen molar-refractivity contribution in [3.8, 4) is 11.3 Å². The van der Waals surface area contributed by atoms with Gasteiger partial charge in [0.15, 0.2) is 5.82 Å². The van der Waals surface area contributed by atoms with E-state index in [1.807, 2.05) is 13.8 Å². The zero-order valence-corrected chi connectivity index (χ0v) is 16.4. The van der Waals surface area contributed by atoms with Crippen molar-refractivity contribution in [3.63, 3.8) is 0 Å². The lowest BCUT2D eigenvalue weighted by atomic mass is 9.85. The first-order chi connectivity index (χ1) is 13.2. The van der Waals surface area contributed by atoms with Crippen LogP contribution in [0.1, 0.15) is 75.2 Å². The number of aryl methyl sites for hydroxylation is 2. The van der Waals surface area contributed by atoms with Crippen LogP contribution in [0.2, 0.25) is 0 Å². The topological polar surface area (TPSA) is 54.9 Å². The summed E-state index contributed by atoms with van der Waals surface area (Å²) in [5.74, 6) is 1.16. The van der Waals surface area contributed by atoms with Crippen molar-refractivity contribution < 1.29 is 4.79 Å². The molecule has 1 heterocycles. The van der Waals surface area contributed by atoms with Crippen LogP contribution in [0.15, 0.2) is 24.3 Å². The van der Waals surface area contributed by atoms with Crippen LogP contribution in [-0.2, 0) is 17.6 Å². The molecule has 2 aliphatic rings. The second kappa shape index (κ2) is 7.79. The standard InChI is InChI=1S/C23H29N3O/c1-3-15(2)23(27)26-22-20(17-10-5-4-6-11-17)25-21-18-12-8-7-9-16(18)13-14-19(21)24-22/h7-9,12,15,17H,3-6,10-11,13-14H2,1-2H3,(H,24,26,27). The van der Waals surface area contributed by atoms with Crippen molar-refractivity contribution in [1.82, 2.24) is 9.97 Å². The lowest BCUT2D eigenvalue weighted by Gasteiger charge is -2.26. The van der Waals surface area contributed by atoms with Crippen LogP contribution in [0.5, 0.6) is 0 Å². The molecule has 1 saturated carbocycles. The summed E-state index contributed by atoms with van der Waals surface area (Å²) in [5.41, 5.74) is 5.61. The van der Waals surface area contributed by atoms with E-state index in [-0.39, 0.29) is 11.8 Å². The SMILES string of the molecule is CCC(C)C(=O)Nc1nc2c(nc1C1CCCCC1)-c1ccccc1CC2. The van der Waals surface area contributed by atoms with Gasteiger partial charge < -0.3 is 5.32 Å². The number of aromatic nitrogens is 2. The molecule has 1 amide bonds. The Balaban J connectivity index is 1.77. The number of nitrogens with one attached hydrogen (secondary N) is 1. The average molecular weight is 364 g/mol. The second-order valence-corrected chi connectivity index (χ2v) is 8.04. The first kappa shape index (κ1) is 18.1. The fourth-order valence-corrected chi connectivity index (χ4v) is 4.27. The summed E-state index contributed by atoms with van der Waals surface area (Å²) in [7, 11) is 0. The molecule has 4 nitrogen and oxygen atoms in total. The van der Waals surface area contributed by atoms with Crippen LogP contribution in [0.3, 0.4) is 0 Å². The summed E-state index contributed by atoms with van der Waals surface area (Å²) in [5, 5.41) is 3.12. The van der Waals surface area contributed by atoms with Crippen molar-refractivity contribution in [2.24, 2.45) is 5.92 Å². The molecule has 4 heteroatoms. The maximum atomic E-state index is 12.6. The molecule has 0 aliphatic heterocycles. The van der Waals surface area contributed by atoms with Gasteiger partial charge in [0.2, 0.25) is 5.91 Å². The van der Waals surface area contributed by atoms with Gasteiger partial charge >= 0.3 is 0 Å². The summed E-state index contributed by atoms with van der Waals surface area (Å²) >= 11 is 0. The Labute approximate surface area is 161 Å². The minimum Gasteiger partial charge on any atom is -0.309 e. The molecule has 1 N–H and O–H groups in total. The van der Waals surface area contributed by atoms with Gasteiger partial charge in [-0.15, -0.1) is 0 Å². The lowest BCUT2D eigenvalue weighted by Crippen LogP contribution is -2.24. The van der Waals surface area contributed by atoms with Crippen LogP contribution >= 0.6 is 0 Å². The van der Waals surface area contributed by atoms with Crippen molar-refractivity contribution >= 4 is 11.7 Å². The molecular formula is C23H29N3O. The summed E-state index contributed by atoms with van der Waals surface area (Å²) in [6, 6.07) is 8.53. The number of benzene rings is 1. The third-order valence-electron chi connectivity index (χ3n) is 6.19. The molecule has 0 spiro atoms. The molecule has 1 fully saturated rings. The van der Waals surface area contributed by atoms with E-state index in [9.17, 15) is 4.79 Å². The molecule has 0 radical (unpaired) electrons. The molecule has 0 saturated heterocycles. The number of anilines is 1. The zero-order valence-electron chi connectivity index (χ0n) is 16.4. The van der Waals surface area contributed by atoms with Crippen molar-refractivity contribution in [2.75, 3.05) is 5.32 Å². The van der Waals surface area contributed by atoms with Gasteiger partial charge in [-0.1, -0.05) is 57.4 Å². The van der Waals surface area contributed by atoms with E-state index in [0.29, 0.717) is 11.7 Å². The zero-order chi connectivity index (χ0) is 18.8. The Morgan fingerprint density at radius 2 is 1.93 bits per heavy atom. The highest BCUT2D eigenvalue weighted by Crippen LogP contribution is 2.39. The fraction of sp³-hybridized carbons (Fsp3) is 0.522. The van der Waals surface area contributed by atoms with E-state index >= 15 is 0 Å². The summed E-state index contributed by atoms with van der Waals surface area (Å²) in [4.78, 5) is 22.7. The average Bonchev–Trinajstić information content (AvgIpc) is 2.73. The van der Waals surface area contributed by atoms with E-state index in [0.717, 1.165) is 49.2 Å². The van der Waals surface area contributed by atoms with Crippen LogP contribution in [0.4, 0.5) is 5.82 Å². The van der Waals surface area contributed by atoms with Crippen LogP contribution < -0.4 is 5.32 Å². The van der Waals surface area contributed by atoms with Crippen LogP contribution in [0.25, 0.3) is 11.3 Å². The molecular weight excluding hydrogens is 334 g/mol. The number of fused-ring (bicyclic) bond motifs is 3. The van der Waals surface area contributed by atoms with Gasteiger partial charge in [0.05, 0.1) is 17.1 Å². The molecule has 4 rings (SSSR count). The summed E-state index contributed by atoms with van der Waals surface area (Å²) in [6.45, 7) is 4.01. The summed E-state index contributed by atoms with van der Waals surface area (Å²) < 4.78 is 0. The minimum absolute atomic E-state index is 0.0113. The van der Waals surface area contributed by atoms with Crippen LogP contribution in [0, 0.1) is 5.92 Å². The smallest absolute Gasteiger partial charge is 0.228 e. The highest BCUT2D eigenvalue weighted by molar-refractivity contribution is 5.92. The molecule has 142 valence electrons. The van der Waals surface area contributed by atoms with Gasteiger partial charge in [-0.05, 0) is 37.7 Å². The largest absolute Gasteiger partial charge is 0.309 e.